The molecule has 1 aromatic carbocycles. The molecule has 96 valence electrons. The number of aromatic nitrogens is 2. The highest BCUT2D eigenvalue weighted by atomic mass is 16.5. The molecule has 0 amide bonds. The quantitative estimate of drug-likeness (QED) is 0.841. The Bertz CT molecular complexity index is 598. The first-order valence-corrected chi connectivity index (χ1v) is 6.48. The third-order valence-corrected chi connectivity index (χ3v) is 3.53. The second-order valence-corrected chi connectivity index (χ2v) is 4.73. The van der Waals surface area contributed by atoms with Crippen molar-refractivity contribution in [1.82, 2.24) is 9.55 Å². The molecule has 4 nitrogen and oxygen atoms in total. The van der Waals surface area contributed by atoms with Crippen LogP contribution in [0.4, 0.5) is 0 Å². The lowest BCUT2D eigenvalue weighted by Gasteiger charge is -2.09. The predicted molar refractivity (Wildman–Crippen MR) is 70.8 cm³/mol. The number of nitriles is 1. The van der Waals surface area contributed by atoms with Gasteiger partial charge in [-0.25, -0.2) is 4.98 Å². The van der Waals surface area contributed by atoms with E-state index in [1.807, 2.05) is 22.9 Å². The van der Waals surface area contributed by atoms with Gasteiger partial charge in [-0.15, -0.1) is 0 Å². The van der Waals surface area contributed by atoms with Crippen LogP contribution in [0.5, 0.6) is 5.75 Å². The van der Waals surface area contributed by atoms with Gasteiger partial charge in [0, 0.05) is 12.4 Å². The number of ether oxygens (including phenoxy) is 1. The number of nitrogens with zero attached hydrogens (tertiary/aromatic N) is 3. The van der Waals surface area contributed by atoms with Crippen molar-refractivity contribution in [2.45, 2.75) is 25.3 Å². The molecule has 0 saturated heterocycles. The van der Waals surface area contributed by atoms with Crippen LogP contribution in [0.1, 0.15) is 23.5 Å². The molecular weight excluding hydrogens is 238 g/mol. The average Bonchev–Trinajstić information content (AvgIpc) is 3.07. The van der Waals surface area contributed by atoms with Gasteiger partial charge in [-0.1, -0.05) is 6.07 Å². The summed E-state index contributed by atoms with van der Waals surface area (Å²) in [7, 11) is 0. The zero-order chi connectivity index (χ0) is 13.1. The summed E-state index contributed by atoms with van der Waals surface area (Å²) in [5.74, 6) is 0.951. The molecule has 0 spiro atoms. The van der Waals surface area contributed by atoms with E-state index in [0.717, 1.165) is 25.1 Å². The van der Waals surface area contributed by atoms with Crippen molar-refractivity contribution in [3.05, 3.63) is 48.0 Å². The Morgan fingerprint density at radius 3 is 3.21 bits per heavy atom. The first kappa shape index (κ1) is 11.8. The molecule has 1 atom stereocenters. The molecule has 1 heterocycles. The van der Waals surface area contributed by atoms with Gasteiger partial charge in [0.2, 0.25) is 0 Å². The van der Waals surface area contributed by atoms with E-state index in [1.165, 1.54) is 11.1 Å². The van der Waals surface area contributed by atoms with Gasteiger partial charge in [-0.3, -0.25) is 0 Å². The number of imidazole rings is 1. The fourth-order valence-corrected chi connectivity index (χ4v) is 2.51. The summed E-state index contributed by atoms with van der Waals surface area (Å²) in [5.41, 5.74) is 2.43. The minimum atomic E-state index is 0.0648. The van der Waals surface area contributed by atoms with Gasteiger partial charge in [-0.2, -0.15) is 5.26 Å². The molecule has 0 saturated carbocycles. The van der Waals surface area contributed by atoms with Crippen LogP contribution in [0.2, 0.25) is 0 Å². The zero-order valence-corrected chi connectivity index (χ0v) is 10.6. The van der Waals surface area contributed by atoms with Gasteiger partial charge in [0.1, 0.15) is 12.4 Å². The first-order valence-electron chi connectivity index (χ1n) is 6.48. The zero-order valence-electron chi connectivity index (χ0n) is 10.6. The van der Waals surface area contributed by atoms with Gasteiger partial charge in [0.25, 0.3) is 0 Å². The van der Waals surface area contributed by atoms with E-state index < -0.39 is 0 Å². The largest absolute Gasteiger partial charge is 0.492 e. The van der Waals surface area contributed by atoms with E-state index in [0.29, 0.717) is 6.61 Å². The lowest BCUT2D eigenvalue weighted by Crippen LogP contribution is -2.06. The first-order chi connectivity index (χ1) is 9.36. The van der Waals surface area contributed by atoms with E-state index in [2.05, 4.69) is 17.1 Å². The number of hydrogen-bond acceptors (Lipinski definition) is 3. The Morgan fingerprint density at radius 1 is 1.47 bits per heavy atom. The van der Waals surface area contributed by atoms with Gasteiger partial charge in [0.05, 0.1) is 24.9 Å². The highest BCUT2D eigenvalue weighted by molar-refractivity contribution is 5.43. The Morgan fingerprint density at radius 2 is 2.42 bits per heavy atom. The average molecular weight is 253 g/mol. The fourth-order valence-electron chi connectivity index (χ4n) is 2.51. The SMILES string of the molecule is N#CC1CCc2cc(OCCn3ccnc3)ccc21. The molecule has 19 heavy (non-hydrogen) atoms. The number of hydrogen-bond donors (Lipinski definition) is 0. The van der Waals surface area contributed by atoms with Gasteiger partial charge >= 0.3 is 0 Å². The van der Waals surface area contributed by atoms with E-state index >= 15 is 0 Å². The number of rotatable bonds is 4. The summed E-state index contributed by atoms with van der Waals surface area (Å²) >= 11 is 0. The fraction of sp³-hybridized carbons (Fsp3) is 0.333. The van der Waals surface area contributed by atoms with Crippen molar-refractivity contribution in [2.24, 2.45) is 0 Å². The van der Waals surface area contributed by atoms with Crippen LogP contribution < -0.4 is 4.74 Å². The van der Waals surface area contributed by atoms with Crippen LogP contribution >= 0.6 is 0 Å². The molecule has 1 aliphatic carbocycles. The van der Waals surface area contributed by atoms with Crippen LogP contribution in [0.15, 0.2) is 36.9 Å². The molecule has 1 aliphatic rings. The maximum absolute atomic E-state index is 9.04. The molecule has 0 aliphatic heterocycles. The van der Waals surface area contributed by atoms with Crippen molar-refractivity contribution < 1.29 is 4.74 Å². The second kappa shape index (κ2) is 5.15. The lowest BCUT2D eigenvalue weighted by atomic mass is 10.0. The minimum absolute atomic E-state index is 0.0648. The smallest absolute Gasteiger partial charge is 0.119 e. The molecule has 3 rings (SSSR count). The molecule has 0 N–H and O–H groups in total. The third-order valence-electron chi connectivity index (χ3n) is 3.53. The minimum Gasteiger partial charge on any atom is -0.492 e. The van der Waals surface area contributed by atoms with E-state index in [-0.39, 0.29) is 5.92 Å². The van der Waals surface area contributed by atoms with Crippen molar-refractivity contribution in [3.8, 4) is 11.8 Å². The Hall–Kier alpha value is -2.28. The van der Waals surface area contributed by atoms with Crippen molar-refractivity contribution >= 4 is 0 Å². The van der Waals surface area contributed by atoms with Crippen LogP contribution in [0.3, 0.4) is 0 Å². The third kappa shape index (κ3) is 2.45. The Kier molecular flexibility index (Phi) is 3.20. The maximum Gasteiger partial charge on any atom is 0.119 e. The van der Waals surface area contributed by atoms with Gasteiger partial charge in [0.15, 0.2) is 0 Å². The second-order valence-electron chi connectivity index (χ2n) is 4.73. The van der Waals surface area contributed by atoms with Gasteiger partial charge < -0.3 is 9.30 Å². The molecule has 4 heteroatoms. The van der Waals surface area contributed by atoms with Crippen molar-refractivity contribution in [2.75, 3.05) is 6.61 Å². The Balaban J connectivity index is 1.62. The van der Waals surface area contributed by atoms with E-state index in [1.54, 1.807) is 12.5 Å². The standard InChI is InChI=1S/C15H15N3O/c16-10-13-2-1-12-9-14(3-4-15(12)13)19-8-7-18-6-5-17-11-18/h3-6,9,11,13H,1-2,7-8H2. The predicted octanol–water partition coefficient (Wildman–Crippen LogP) is 2.52. The molecular formula is C15H15N3O. The summed E-state index contributed by atoms with van der Waals surface area (Å²) in [6.07, 6.45) is 7.38. The highest BCUT2D eigenvalue weighted by Crippen LogP contribution is 2.34. The summed E-state index contributed by atoms with van der Waals surface area (Å²) in [6, 6.07) is 8.41. The Labute approximate surface area is 112 Å². The van der Waals surface area contributed by atoms with Gasteiger partial charge in [-0.05, 0) is 36.1 Å². The molecule has 0 bridgehead atoms. The molecule has 2 aromatic rings. The number of fused-ring (bicyclic) bond motifs is 1. The monoisotopic (exact) mass is 253 g/mol. The summed E-state index contributed by atoms with van der Waals surface area (Å²) in [5, 5.41) is 9.04. The van der Waals surface area contributed by atoms with E-state index in [9.17, 15) is 0 Å². The number of aryl methyl sites for hydroxylation is 1. The van der Waals surface area contributed by atoms with Crippen LogP contribution in [-0.2, 0) is 13.0 Å². The topological polar surface area (TPSA) is 50.8 Å². The normalized spacial score (nSPS) is 16.9. The van der Waals surface area contributed by atoms with E-state index in [4.69, 9.17) is 10.00 Å². The van der Waals surface area contributed by atoms with Crippen LogP contribution in [0, 0.1) is 11.3 Å². The summed E-state index contributed by atoms with van der Waals surface area (Å²) in [4.78, 5) is 3.99. The van der Waals surface area contributed by atoms with Crippen LogP contribution in [0.25, 0.3) is 0 Å². The molecule has 0 fully saturated rings. The molecule has 1 unspecified atom stereocenters. The maximum atomic E-state index is 9.04. The van der Waals surface area contributed by atoms with Crippen molar-refractivity contribution in [3.63, 3.8) is 0 Å². The molecule has 0 radical (unpaired) electrons. The lowest BCUT2D eigenvalue weighted by molar-refractivity contribution is 0.298. The number of benzene rings is 1. The molecule has 1 aromatic heterocycles. The summed E-state index contributed by atoms with van der Waals surface area (Å²) in [6.45, 7) is 1.41. The highest BCUT2D eigenvalue weighted by Gasteiger charge is 2.22. The van der Waals surface area contributed by atoms with Crippen molar-refractivity contribution in [1.29, 1.82) is 5.26 Å². The van der Waals surface area contributed by atoms with Crippen LogP contribution in [-0.4, -0.2) is 16.2 Å². The summed E-state index contributed by atoms with van der Waals surface area (Å²) < 4.78 is 7.73.